The highest BCUT2D eigenvalue weighted by molar-refractivity contribution is 5.81. The molecule has 12 heteroatoms. The quantitative estimate of drug-likeness (QED) is 0.209. The van der Waals surface area contributed by atoms with Crippen LogP contribution in [0.4, 0.5) is 5.82 Å². The summed E-state index contributed by atoms with van der Waals surface area (Å²) in [6.07, 6.45) is 3.31. The van der Waals surface area contributed by atoms with Crippen LogP contribution in [0, 0.1) is 5.92 Å². The summed E-state index contributed by atoms with van der Waals surface area (Å²) >= 11 is 0. The van der Waals surface area contributed by atoms with Gasteiger partial charge in [0.15, 0.2) is 17.7 Å². The molecule has 2 fully saturated rings. The largest absolute Gasteiger partial charge is 0.508 e. The Labute approximate surface area is 245 Å². The Balaban J connectivity index is 1.06. The van der Waals surface area contributed by atoms with Crippen LogP contribution in [0.2, 0.25) is 0 Å². The number of imidazole rings is 2. The summed E-state index contributed by atoms with van der Waals surface area (Å²) in [5.41, 5.74) is 9.31. The third-order valence-corrected chi connectivity index (χ3v) is 8.98. The average molecular weight is 579 g/mol. The van der Waals surface area contributed by atoms with Crippen molar-refractivity contribution in [2.24, 2.45) is 5.92 Å². The number of anilines is 1. The fourth-order valence-corrected chi connectivity index (χ4v) is 6.52. The van der Waals surface area contributed by atoms with Crippen LogP contribution in [0.15, 0.2) is 24.8 Å². The summed E-state index contributed by atoms with van der Waals surface area (Å²) in [5, 5.41) is 32.3. The Morgan fingerprint density at radius 1 is 1.14 bits per heavy atom. The summed E-state index contributed by atoms with van der Waals surface area (Å²) < 4.78 is 7.84. The van der Waals surface area contributed by atoms with Crippen molar-refractivity contribution in [2.75, 3.05) is 12.3 Å². The van der Waals surface area contributed by atoms with Gasteiger partial charge in [0.05, 0.1) is 17.4 Å². The predicted octanol–water partition coefficient (Wildman–Crippen LogP) is 3.03. The van der Waals surface area contributed by atoms with Gasteiger partial charge in [0.1, 0.15) is 41.7 Å². The summed E-state index contributed by atoms with van der Waals surface area (Å²) in [5.74, 6) is 2.08. The van der Waals surface area contributed by atoms with Crippen LogP contribution in [-0.4, -0.2) is 86.6 Å². The molecule has 3 aromatic heterocycles. The minimum Gasteiger partial charge on any atom is -0.508 e. The average Bonchev–Trinajstić information content (AvgIpc) is 3.58. The minimum atomic E-state index is -1.13. The number of aromatic amines is 1. The van der Waals surface area contributed by atoms with Crippen LogP contribution in [-0.2, 0) is 16.6 Å². The number of aliphatic hydroxyl groups excluding tert-OH is 2. The van der Waals surface area contributed by atoms with Crippen LogP contribution in [0.5, 0.6) is 5.75 Å². The monoisotopic (exact) mass is 578 g/mol. The molecule has 12 nitrogen and oxygen atoms in total. The Bertz CT molecular complexity index is 1570. The number of H-pyrrole nitrogens is 1. The van der Waals surface area contributed by atoms with Gasteiger partial charge in [-0.2, -0.15) is 0 Å². The topological polar surface area (TPSA) is 171 Å². The van der Waals surface area contributed by atoms with Crippen molar-refractivity contribution < 1.29 is 20.1 Å². The molecule has 0 radical (unpaired) electrons. The number of phenols is 1. The lowest BCUT2D eigenvalue weighted by Crippen LogP contribution is -2.52. The lowest BCUT2D eigenvalue weighted by atomic mass is 9.76. The highest BCUT2D eigenvalue weighted by Crippen LogP contribution is 2.39. The zero-order valence-electron chi connectivity index (χ0n) is 24.9. The maximum atomic E-state index is 10.9. The lowest BCUT2D eigenvalue weighted by molar-refractivity contribution is -0.0620. The van der Waals surface area contributed by atoms with Crippen molar-refractivity contribution in [3.63, 3.8) is 0 Å². The van der Waals surface area contributed by atoms with Crippen molar-refractivity contribution in [3.8, 4) is 5.75 Å². The molecule has 1 saturated carbocycles. The summed E-state index contributed by atoms with van der Waals surface area (Å²) in [6.45, 7) is 11.1. The number of aryl methyl sites for hydroxylation is 1. The first-order chi connectivity index (χ1) is 19.9. The van der Waals surface area contributed by atoms with E-state index in [1.807, 2.05) is 6.07 Å². The number of fused-ring (bicyclic) bond motifs is 2. The van der Waals surface area contributed by atoms with Crippen molar-refractivity contribution in [1.29, 1.82) is 0 Å². The number of nitrogens with two attached hydrogens (primary N) is 1. The standard InChI is InChI=1S/C30H42N8O4/c1-15(2)37(12-22-25(40)26(41)29(42-22)38-14-34-24-27(31)32-13-33-28(24)38)17-8-16(9-17)6-7-23-35-19-10-18(30(3,4)5)21(39)11-20(19)36-23/h10-11,13-17,22,25-26,29,39-41H,6-9,12H2,1-5H3,(H,35,36)(H2,31,32,33)/t16-,17-,22-,25-,26-,29-/m1/s1. The van der Waals surface area contributed by atoms with Crippen molar-refractivity contribution in [2.45, 2.75) is 102 Å². The molecule has 42 heavy (non-hydrogen) atoms. The number of aromatic hydroxyl groups is 1. The number of aliphatic hydroxyl groups is 2. The van der Waals surface area contributed by atoms with E-state index in [4.69, 9.17) is 15.5 Å². The SMILES string of the molecule is CC(C)N(C[C@H]1O[C@@H](n2cnc3c(N)ncnc32)[C@H](O)[C@@H]1O)[C@H]1C[C@H](CCc2nc3cc(C(C)(C)C)c(O)cc3[nH]2)C1. The molecule has 226 valence electrons. The smallest absolute Gasteiger partial charge is 0.167 e. The van der Waals surface area contributed by atoms with Gasteiger partial charge >= 0.3 is 0 Å². The highest BCUT2D eigenvalue weighted by atomic mass is 16.6. The molecule has 1 aromatic carbocycles. The molecule has 0 bridgehead atoms. The molecular formula is C30H42N8O4. The van der Waals surface area contributed by atoms with Gasteiger partial charge in [0.2, 0.25) is 0 Å². The van der Waals surface area contributed by atoms with E-state index in [1.54, 1.807) is 10.6 Å². The molecule has 6 N–H and O–H groups in total. The number of nitrogens with zero attached hydrogens (tertiary/aromatic N) is 6. The zero-order chi connectivity index (χ0) is 29.9. The van der Waals surface area contributed by atoms with Crippen LogP contribution in [0.3, 0.4) is 0 Å². The lowest BCUT2D eigenvalue weighted by Gasteiger charge is -2.46. The van der Waals surface area contributed by atoms with Crippen LogP contribution in [0.25, 0.3) is 22.2 Å². The van der Waals surface area contributed by atoms with E-state index in [0.717, 1.165) is 48.1 Å². The molecule has 4 atom stereocenters. The first-order valence-corrected chi connectivity index (χ1v) is 14.8. The number of nitrogens with one attached hydrogen (secondary N) is 1. The predicted molar refractivity (Wildman–Crippen MR) is 159 cm³/mol. The summed E-state index contributed by atoms with van der Waals surface area (Å²) in [4.78, 5) is 23.1. The van der Waals surface area contributed by atoms with E-state index in [2.05, 4.69) is 59.5 Å². The van der Waals surface area contributed by atoms with Crippen LogP contribution >= 0.6 is 0 Å². The van der Waals surface area contributed by atoms with Crippen LogP contribution in [0.1, 0.15) is 71.5 Å². The van der Waals surface area contributed by atoms with Crippen molar-refractivity contribution >= 4 is 28.0 Å². The van der Waals surface area contributed by atoms with Gasteiger partial charge < -0.3 is 30.8 Å². The van der Waals surface area contributed by atoms with Crippen molar-refractivity contribution in [3.05, 3.63) is 36.2 Å². The number of ether oxygens (including phenoxy) is 1. The Hall–Kier alpha value is -3.32. The van der Waals surface area contributed by atoms with Crippen molar-refractivity contribution in [1.82, 2.24) is 34.4 Å². The number of rotatable bonds is 8. The van der Waals surface area contributed by atoms with Gasteiger partial charge in [-0.05, 0) is 50.5 Å². The molecular weight excluding hydrogens is 536 g/mol. The van der Waals surface area contributed by atoms with Gasteiger partial charge in [0, 0.05) is 36.7 Å². The summed E-state index contributed by atoms with van der Waals surface area (Å²) in [7, 11) is 0. The van der Waals surface area contributed by atoms with E-state index < -0.39 is 24.5 Å². The number of aromatic nitrogens is 6. The fraction of sp³-hybridized carbons (Fsp3) is 0.600. The van der Waals surface area contributed by atoms with Gasteiger partial charge in [-0.25, -0.2) is 19.9 Å². The number of phenolic OH excluding ortho intramolecular Hbond substituents is 1. The number of hydrogen-bond donors (Lipinski definition) is 5. The van der Waals surface area contributed by atoms with Gasteiger partial charge in [-0.15, -0.1) is 0 Å². The molecule has 4 heterocycles. The number of hydrogen-bond acceptors (Lipinski definition) is 10. The first kappa shape index (κ1) is 28.8. The molecule has 0 spiro atoms. The normalized spacial score (nSPS) is 26.6. The van der Waals surface area contributed by atoms with Gasteiger partial charge in [-0.1, -0.05) is 20.8 Å². The van der Waals surface area contributed by atoms with E-state index >= 15 is 0 Å². The van der Waals surface area contributed by atoms with E-state index in [9.17, 15) is 15.3 Å². The second kappa shape index (κ2) is 10.7. The van der Waals surface area contributed by atoms with Crippen LogP contribution < -0.4 is 5.73 Å². The molecule has 6 rings (SSSR count). The number of nitrogen functional groups attached to an aromatic ring is 1. The summed E-state index contributed by atoms with van der Waals surface area (Å²) in [6, 6.07) is 4.41. The molecule has 0 amide bonds. The minimum absolute atomic E-state index is 0.156. The fourth-order valence-electron chi connectivity index (χ4n) is 6.52. The molecule has 0 unspecified atom stereocenters. The second-order valence-electron chi connectivity index (χ2n) is 13.3. The first-order valence-electron chi connectivity index (χ1n) is 14.8. The zero-order valence-corrected chi connectivity index (χ0v) is 24.9. The Morgan fingerprint density at radius 2 is 1.90 bits per heavy atom. The Morgan fingerprint density at radius 3 is 2.62 bits per heavy atom. The second-order valence-corrected chi connectivity index (χ2v) is 13.3. The molecule has 1 saturated heterocycles. The van der Waals surface area contributed by atoms with Gasteiger partial charge in [-0.3, -0.25) is 9.47 Å². The number of benzene rings is 1. The molecule has 2 aliphatic rings. The molecule has 1 aliphatic carbocycles. The maximum absolute atomic E-state index is 10.9. The highest BCUT2D eigenvalue weighted by Gasteiger charge is 2.46. The van der Waals surface area contributed by atoms with E-state index in [-0.39, 0.29) is 17.3 Å². The van der Waals surface area contributed by atoms with E-state index in [0.29, 0.717) is 35.4 Å². The molecule has 1 aliphatic heterocycles. The van der Waals surface area contributed by atoms with Gasteiger partial charge in [0.25, 0.3) is 0 Å². The molecule has 4 aromatic rings. The third-order valence-electron chi connectivity index (χ3n) is 8.98. The maximum Gasteiger partial charge on any atom is 0.167 e. The van der Waals surface area contributed by atoms with E-state index in [1.165, 1.54) is 12.7 Å². The Kier molecular flexibility index (Phi) is 7.37. The third kappa shape index (κ3) is 5.21.